The van der Waals surface area contributed by atoms with Gasteiger partial charge in [0.25, 0.3) is 0 Å². The van der Waals surface area contributed by atoms with Crippen LogP contribution >= 0.6 is 56.8 Å². The number of hydrogen-bond acceptors (Lipinski definition) is 1. The van der Waals surface area contributed by atoms with E-state index in [1.165, 1.54) is 0 Å². The molecule has 0 saturated heterocycles. The Morgan fingerprint density at radius 3 is 2.12 bits per heavy atom. The molecule has 0 saturated carbocycles. The summed E-state index contributed by atoms with van der Waals surface area (Å²) in [4.78, 5) is 12.2. The highest BCUT2D eigenvalue weighted by Crippen LogP contribution is 2.21. The van der Waals surface area contributed by atoms with Crippen molar-refractivity contribution in [3.8, 4) is 0 Å². The lowest BCUT2D eigenvalue weighted by Crippen LogP contribution is -2.01. The maximum atomic E-state index is 12.2. The minimum atomic E-state index is -0.000278. The molecule has 0 aliphatic rings. The topological polar surface area (TPSA) is 17.1 Å². The summed E-state index contributed by atoms with van der Waals surface area (Å²) in [5.41, 5.74) is 1.30. The minimum Gasteiger partial charge on any atom is -0.289 e. The predicted octanol–water partition coefficient (Wildman–Crippen LogP) is 4.78. The van der Waals surface area contributed by atoms with Crippen molar-refractivity contribution >= 4 is 62.6 Å². The zero-order valence-corrected chi connectivity index (χ0v) is 13.7. The maximum absolute atomic E-state index is 12.2. The Morgan fingerprint density at radius 2 is 1.53 bits per heavy atom. The summed E-state index contributed by atoms with van der Waals surface area (Å²) < 4.78 is 2.06. The van der Waals surface area contributed by atoms with Crippen LogP contribution < -0.4 is 0 Å². The van der Waals surface area contributed by atoms with Gasteiger partial charge in [0.2, 0.25) is 0 Å². The average molecular weight is 468 g/mol. The number of ketones is 1. The number of halogens is 3. The van der Waals surface area contributed by atoms with E-state index < -0.39 is 0 Å². The fraction of sp³-hybridized carbons (Fsp3) is 0. The monoisotopic (exact) mass is 468 g/mol. The molecule has 0 N–H and O–H groups in total. The Hall–Kier alpha value is -0.140. The molecule has 0 aromatic heterocycles. The zero-order valence-electron chi connectivity index (χ0n) is 8.58. The molecule has 17 heavy (non-hydrogen) atoms. The summed E-state index contributed by atoms with van der Waals surface area (Å²) >= 11 is 10.4. The molecule has 0 heterocycles. The van der Waals surface area contributed by atoms with Crippen molar-refractivity contribution in [1.82, 2.24) is 0 Å². The number of hydrogen-bond donors (Lipinski definition) is 0. The fourth-order valence-corrected chi connectivity index (χ4v) is 2.28. The van der Waals surface area contributed by atoms with Crippen LogP contribution in [0.25, 0.3) is 0 Å². The highest BCUT2D eigenvalue weighted by Gasteiger charge is 2.10. The van der Waals surface area contributed by atoms with Crippen LogP contribution in [-0.2, 0) is 0 Å². The SMILES string of the molecule is O=C(c1ccc(I)cc1)c1ccc(I)c(Cl)c1. The van der Waals surface area contributed by atoms with Gasteiger partial charge in [-0.05, 0) is 87.6 Å². The van der Waals surface area contributed by atoms with Gasteiger partial charge in [-0.3, -0.25) is 4.79 Å². The van der Waals surface area contributed by atoms with Crippen LogP contribution in [0.2, 0.25) is 5.02 Å². The van der Waals surface area contributed by atoms with E-state index in [1.807, 2.05) is 30.3 Å². The normalized spacial score (nSPS) is 10.3. The third-order valence-electron chi connectivity index (χ3n) is 2.29. The van der Waals surface area contributed by atoms with Crippen molar-refractivity contribution in [3.05, 3.63) is 65.8 Å². The molecule has 0 aliphatic heterocycles. The van der Waals surface area contributed by atoms with Crippen LogP contribution in [0.5, 0.6) is 0 Å². The molecule has 2 rings (SSSR count). The number of carbonyl (C=O) groups is 1. The first kappa shape index (κ1) is 13.3. The Balaban J connectivity index is 2.37. The van der Waals surface area contributed by atoms with Gasteiger partial charge in [-0.25, -0.2) is 0 Å². The molecule has 0 bridgehead atoms. The molecular weight excluding hydrogens is 461 g/mol. The first-order valence-electron chi connectivity index (χ1n) is 4.83. The molecule has 0 atom stereocenters. The predicted molar refractivity (Wildman–Crippen MR) is 86.8 cm³/mol. The summed E-state index contributed by atoms with van der Waals surface area (Å²) in [5, 5.41) is 0.613. The highest BCUT2D eigenvalue weighted by molar-refractivity contribution is 14.1. The van der Waals surface area contributed by atoms with Gasteiger partial charge in [0.1, 0.15) is 0 Å². The molecule has 0 unspecified atom stereocenters. The average Bonchev–Trinajstić information content (AvgIpc) is 2.33. The van der Waals surface area contributed by atoms with Gasteiger partial charge in [0, 0.05) is 18.3 Å². The van der Waals surface area contributed by atoms with E-state index in [0.29, 0.717) is 16.1 Å². The van der Waals surface area contributed by atoms with Crippen molar-refractivity contribution in [2.75, 3.05) is 0 Å². The summed E-state index contributed by atoms with van der Waals surface area (Å²) in [6.07, 6.45) is 0. The lowest BCUT2D eigenvalue weighted by molar-refractivity contribution is 0.103. The van der Waals surface area contributed by atoms with Crippen LogP contribution in [0.3, 0.4) is 0 Å². The number of benzene rings is 2. The molecule has 2 aromatic carbocycles. The van der Waals surface area contributed by atoms with E-state index in [9.17, 15) is 4.79 Å². The minimum absolute atomic E-state index is 0.000278. The van der Waals surface area contributed by atoms with E-state index in [4.69, 9.17) is 11.6 Å². The molecule has 0 fully saturated rings. The van der Waals surface area contributed by atoms with Crippen LogP contribution in [0.15, 0.2) is 42.5 Å². The third-order valence-corrected chi connectivity index (χ3v) is 4.58. The van der Waals surface area contributed by atoms with Crippen molar-refractivity contribution in [2.24, 2.45) is 0 Å². The van der Waals surface area contributed by atoms with Gasteiger partial charge < -0.3 is 0 Å². The van der Waals surface area contributed by atoms with Crippen molar-refractivity contribution in [2.45, 2.75) is 0 Å². The van der Waals surface area contributed by atoms with Crippen LogP contribution in [0.1, 0.15) is 15.9 Å². The molecule has 4 heteroatoms. The second kappa shape index (κ2) is 5.67. The summed E-state index contributed by atoms with van der Waals surface area (Å²) in [5.74, 6) is -0.000278. The van der Waals surface area contributed by atoms with Crippen LogP contribution in [0, 0.1) is 7.14 Å². The standard InChI is InChI=1S/C13H7ClI2O/c14-11-7-9(3-6-12(11)16)13(17)8-1-4-10(15)5-2-8/h1-7H. The summed E-state index contributed by atoms with van der Waals surface area (Å²) in [6, 6.07) is 12.9. The van der Waals surface area contributed by atoms with E-state index in [-0.39, 0.29) is 5.78 Å². The smallest absolute Gasteiger partial charge is 0.193 e. The number of rotatable bonds is 2. The van der Waals surface area contributed by atoms with Gasteiger partial charge >= 0.3 is 0 Å². The third kappa shape index (κ3) is 3.20. The second-order valence-corrected chi connectivity index (χ2v) is 6.28. The Kier molecular flexibility index (Phi) is 4.43. The van der Waals surface area contributed by atoms with E-state index in [0.717, 1.165) is 7.14 Å². The molecule has 0 radical (unpaired) electrons. The Morgan fingerprint density at radius 1 is 0.941 bits per heavy atom. The molecule has 86 valence electrons. The van der Waals surface area contributed by atoms with Gasteiger partial charge in [-0.2, -0.15) is 0 Å². The lowest BCUT2D eigenvalue weighted by atomic mass is 10.0. The van der Waals surface area contributed by atoms with Crippen molar-refractivity contribution in [1.29, 1.82) is 0 Å². The van der Waals surface area contributed by atoms with Crippen molar-refractivity contribution in [3.63, 3.8) is 0 Å². The molecule has 0 aliphatic carbocycles. The second-order valence-electron chi connectivity index (χ2n) is 3.46. The van der Waals surface area contributed by atoms with Gasteiger partial charge in [-0.1, -0.05) is 11.6 Å². The zero-order chi connectivity index (χ0) is 12.4. The van der Waals surface area contributed by atoms with Gasteiger partial charge in [0.15, 0.2) is 5.78 Å². The fourth-order valence-electron chi connectivity index (χ4n) is 1.41. The van der Waals surface area contributed by atoms with Crippen molar-refractivity contribution < 1.29 is 4.79 Å². The number of carbonyl (C=O) groups excluding carboxylic acids is 1. The molecule has 2 aromatic rings. The first-order chi connectivity index (χ1) is 8.08. The van der Waals surface area contributed by atoms with Gasteiger partial charge in [-0.15, -0.1) is 0 Å². The molecule has 0 amide bonds. The Bertz CT molecular complexity index is 564. The maximum Gasteiger partial charge on any atom is 0.193 e. The largest absolute Gasteiger partial charge is 0.289 e. The van der Waals surface area contributed by atoms with E-state index in [1.54, 1.807) is 12.1 Å². The summed E-state index contributed by atoms with van der Waals surface area (Å²) in [6.45, 7) is 0. The van der Waals surface area contributed by atoms with E-state index in [2.05, 4.69) is 45.2 Å². The molecular formula is C13H7ClI2O. The first-order valence-corrected chi connectivity index (χ1v) is 7.37. The highest BCUT2D eigenvalue weighted by atomic mass is 127. The van der Waals surface area contributed by atoms with Gasteiger partial charge in [0.05, 0.1) is 5.02 Å². The van der Waals surface area contributed by atoms with Crippen LogP contribution in [-0.4, -0.2) is 5.78 Å². The molecule has 0 spiro atoms. The Labute approximate surface area is 132 Å². The summed E-state index contributed by atoms with van der Waals surface area (Å²) in [7, 11) is 0. The van der Waals surface area contributed by atoms with E-state index >= 15 is 0 Å². The quantitative estimate of drug-likeness (QED) is 0.458. The molecule has 1 nitrogen and oxygen atoms in total. The van der Waals surface area contributed by atoms with Crippen LogP contribution in [0.4, 0.5) is 0 Å². The lowest BCUT2D eigenvalue weighted by Gasteiger charge is -2.03.